The monoisotopic (exact) mass is 454 g/mol. The van der Waals surface area contributed by atoms with Crippen LogP contribution in [0.3, 0.4) is 0 Å². The molecule has 0 aromatic carbocycles. The number of aromatic amines is 1. The van der Waals surface area contributed by atoms with E-state index in [0.717, 1.165) is 24.8 Å². The fourth-order valence-electron chi connectivity index (χ4n) is 3.93. The van der Waals surface area contributed by atoms with Gasteiger partial charge in [0.15, 0.2) is 0 Å². The summed E-state index contributed by atoms with van der Waals surface area (Å²) in [5.74, 6) is 6.24. The third-order valence-electron chi connectivity index (χ3n) is 5.42. The number of carbonyl (C=O) groups excluding carboxylic acids is 1. The Bertz CT molecular complexity index is 1120. The number of nitrogens with one attached hydrogen (secondary N) is 1. The van der Waals surface area contributed by atoms with Crippen LogP contribution in [0, 0.1) is 11.3 Å². The highest BCUT2D eigenvalue weighted by molar-refractivity contribution is 6.47. The van der Waals surface area contributed by atoms with Crippen molar-refractivity contribution in [2.24, 2.45) is 15.9 Å². The summed E-state index contributed by atoms with van der Waals surface area (Å²) in [5.41, 5.74) is 2.56. The number of rotatable bonds is 4. The fourth-order valence-corrected chi connectivity index (χ4v) is 3.93. The van der Waals surface area contributed by atoms with Crippen molar-refractivity contribution in [2.45, 2.75) is 58.6 Å². The molecule has 1 unspecified atom stereocenters. The number of nitriles is 1. The summed E-state index contributed by atoms with van der Waals surface area (Å²) in [7, 11) is 1.54. The molecule has 0 aliphatic carbocycles. The molecule has 10 nitrogen and oxygen atoms in total. The van der Waals surface area contributed by atoms with Crippen LogP contribution in [0.2, 0.25) is 0 Å². The van der Waals surface area contributed by atoms with Gasteiger partial charge in [-0.15, -0.1) is 4.40 Å². The first-order chi connectivity index (χ1) is 15.7. The number of aliphatic imine (C=N–C) groups is 1. The number of nitrogens with two attached hydrogens (primary N) is 1. The number of H-pyrrole nitrogens is 1. The minimum atomic E-state index is -0.516. The van der Waals surface area contributed by atoms with E-state index in [0.29, 0.717) is 41.7 Å². The highest BCUT2D eigenvalue weighted by atomic mass is 16.6. The highest BCUT2D eigenvalue weighted by Gasteiger charge is 2.26. The van der Waals surface area contributed by atoms with E-state index in [1.54, 1.807) is 28.7 Å². The number of hydrogen-bond acceptors (Lipinski definition) is 7. The molecule has 1 fully saturated rings. The summed E-state index contributed by atoms with van der Waals surface area (Å²) < 4.78 is 12.7. The molecule has 3 rings (SSSR count). The highest BCUT2D eigenvalue weighted by Crippen LogP contribution is 2.19. The van der Waals surface area contributed by atoms with E-state index < -0.39 is 5.60 Å². The maximum atomic E-state index is 12.4. The van der Waals surface area contributed by atoms with Gasteiger partial charge < -0.3 is 20.2 Å². The lowest BCUT2D eigenvalue weighted by Crippen LogP contribution is -2.37. The van der Waals surface area contributed by atoms with E-state index in [1.807, 2.05) is 33.8 Å². The van der Waals surface area contributed by atoms with Gasteiger partial charge in [0.2, 0.25) is 0 Å². The van der Waals surface area contributed by atoms with Gasteiger partial charge in [-0.2, -0.15) is 10.4 Å². The Morgan fingerprint density at radius 2 is 2.09 bits per heavy atom. The Morgan fingerprint density at radius 3 is 2.73 bits per heavy atom. The Hall–Kier alpha value is -3.61. The zero-order valence-corrected chi connectivity index (χ0v) is 19.9. The Morgan fingerprint density at radius 1 is 1.33 bits per heavy atom. The molecule has 0 saturated carbocycles. The fraction of sp³-hybridized carbons (Fsp3) is 0.522. The van der Waals surface area contributed by atoms with Gasteiger partial charge in [-0.25, -0.2) is 9.78 Å². The number of ether oxygens (including phenoxy) is 2. The van der Waals surface area contributed by atoms with Gasteiger partial charge in [-0.3, -0.25) is 4.99 Å². The van der Waals surface area contributed by atoms with Crippen molar-refractivity contribution in [3.63, 3.8) is 0 Å². The molecule has 0 radical (unpaired) electrons. The van der Waals surface area contributed by atoms with Crippen molar-refractivity contribution in [1.29, 1.82) is 5.26 Å². The molecule has 33 heavy (non-hydrogen) atoms. The molecule has 1 amide bonds. The second kappa shape index (κ2) is 9.90. The van der Waals surface area contributed by atoms with E-state index >= 15 is 0 Å². The first kappa shape index (κ1) is 24.0. The minimum absolute atomic E-state index is 0.0462. The number of aromatic nitrogens is 2. The quantitative estimate of drug-likeness (QED) is 0.317. The third kappa shape index (κ3) is 5.61. The molecule has 0 bridgehead atoms. The number of fused-ring (bicyclic) bond motifs is 1. The Labute approximate surface area is 193 Å². The number of hydrazone groups is 1. The first-order valence-electron chi connectivity index (χ1n) is 11.0. The van der Waals surface area contributed by atoms with E-state index in [4.69, 9.17) is 20.3 Å². The summed E-state index contributed by atoms with van der Waals surface area (Å²) in [4.78, 5) is 22.1. The number of methoxy groups -OCH3 is 1. The second-order valence-corrected chi connectivity index (χ2v) is 9.04. The molecule has 10 heteroatoms. The topological polar surface area (TPSA) is 133 Å². The summed E-state index contributed by atoms with van der Waals surface area (Å²) in [6.07, 6.45) is 3.76. The van der Waals surface area contributed by atoms with Crippen molar-refractivity contribution in [3.8, 4) is 11.9 Å². The van der Waals surface area contributed by atoms with Crippen LogP contribution in [0.15, 0.2) is 28.4 Å². The van der Waals surface area contributed by atoms with Crippen molar-refractivity contribution < 1.29 is 18.7 Å². The predicted octanol–water partition coefficient (Wildman–Crippen LogP) is 2.55. The molecule has 2 aromatic rings. The van der Waals surface area contributed by atoms with Crippen LogP contribution in [0.1, 0.15) is 58.2 Å². The molecule has 176 valence electrons. The average Bonchev–Trinajstić information content (AvgIpc) is 3.03. The van der Waals surface area contributed by atoms with Crippen molar-refractivity contribution in [1.82, 2.24) is 9.88 Å². The molecular weight excluding hydrogens is 422 g/mol. The average molecular weight is 455 g/mol. The van der Waals surface area contributed by atoms with Gasteiger partial charge in [-0.1, -0.05) is 0 Å². The Balaban J connectivity index is 1.79. The SMILES string of the molecule is COc1cc(/C(=N/N)C(C)=NC2CCCN(C(=O)OC(C)(C)C)CC2)cc2[nH]cc(C#N)[n+]12. The van der Waals surface area contributed by atoms with Gasteiger partial charge in [0.05, 0.1) is 18.9 Å². The molecule has 1 aliphatic heterocycles. The maximum Gasteiger partial charge on any atom is 0.410 e. The van der Waals surface area contributed by atoms with Gasteiger partial charge in [0.25, 0.3) is 17.2 Å². The van der Waals surface area contributed by atoms with Crippen LogP contribution in [0.5, 0.6) is 5.88 Å². The summed E-state index contributed by atoms with van der Waals surface area (Å²) in [5, 5.41) is 13.3. The number of imidazole rings is 1. The molecule has 1 saturated heterocycles. The van der Waals surface area contributed by atoms with E-state index in [-0.39, 0.29) is 12.1 Å². The zero-order valence-electron chi connectivity index (χ0n) is 19.9. The lowest BCUT2D eigenvalue weighted by Gasteiger charge is -2.26. The zero-order chi connectivity index (χ0) is 24.2. The van der Waals surface area contributed by atoms with E-state index in [9.17, 15) is 10.1 Å². The van der Waals surface area contributed by atoms with Crippen molar-refractivity contribution >= 4 is 23.2 Å². The number of likely N-dealkylation sites (tertiary alicyclic amines) is 1. The van der Waals surface area contributed by atoms with E-state index in [2.05, 4.69) is 16.2 Å². The van der Waals surface area contributed by atoms with Crippen molar-refractivity contribution in [2.75, 3.05) is 20.2 Å². The minimum Gasteiger partial charge on any atom is -0.465 e. The summed E-state index contributed by atoms with van der Waals surface area (Å²) in [6, 6.07) is 5.81. The van der Waals surface area contributed by atoms with Gasteiger partial charge in [-0.05, 0) is 47.0 Å². The van der Waals surface area contributed by atoms with Gasteiger partial charge >= 0.3 is 6.09 Å². The molecule has 3 N–H and O–H groups in total. The summed E-state index contributed by atoms with van der Waals surface area (Å²) >= 11 is 0. The van der Waals surface area contributed by atoms with Crippen LogP contribution in [0.4, 0.5) is 4.79 Å². The summed E-state index contributed by atoms with van der Waals surface area (Å²) in [6.45, 7) is 8.71. The molecule has 0 spiro atoms. The first-order valence-corrected chi connectivity index (χ1v) is 11.0. The standard InChI is InChI=1S/C23H31N7O3/c1-15(27-17-7-6-9-29(10-8-17)22(31)33-23(2,3)4)21(28-25)16-11-19-26-14-18(13-24)30(19)20(12-16)32-5/h11-12,14,17H,6-10H2,1-5H3,(H2,25,26,27)/p+1. The molecule has 3 heterocycles. The lowest BCUT2D eigenvalue weighted by molar-refractivity contribution is -0.522. The van der Waals surface area contributed by atoms with Crippen LogP contribution in [-0.2, 0) is 4.74 Å². The number of hydrogen-bond donors (Lipinski definition) is 2. The maximum absolute atomic E-state index is 12.4. The number of carbonyl (C=O) groups is 1. The third-order valence-corrected chi connectivity index (χ3v) is 5.42. The smallest absolute Gasteiger partial charge is 0.410 e. The molecule has 1 aliphatic rings. The predicted molar refractivity (Wildman–Crippen MR) is 124 cm³/mol. The number of pyridine rings is 1. The normalized spacial score (nSPS) is 18.1. The number of amides is 1. The molecule has 1 atom stereocenters. The van der Waals surface area contributed by atoms with Crippen LogP contribution < -0.4 is 15.0 Å². The van der Waals surface area contributed by atoms with Crippen molar-refractivity contribution in [3.05, 3.63) is 29.6 Å². The molecule has 2 aromatic heterocycles. The van der Waals surface area contributed by atoms with Crippen LogP contribution in [0.25, 0.3) is 5.65 Å². The Kier molecular flexibility index (Phi) is 7.21. The van der Waals surface area contributed by atoms with Crippen LogP contribution >= 0.6 is 0 Å². The van der Waals surface area contributed by atoms with Gasteiger partial charge in [0, 0.05) is 30.8 Å². The van der Waals surface area contributed by atoms with Crippen LogP contribution in [-0.4, -0.2) is 59.2 Å². The molecular formula is C23H32N7O3+. The number of nitrogens with zero attached hydrogens (tertiary/aromatic N) is 5. The van der Waals surface area contributed by atoms with Gasteiger partial charge in [0.1, 0.15) is 23.6 Å². The lowest BCUT2D eigenvalue weighted by atomic mass is 10.1. The largest absolute Gasteiger partial charge is 0.465 e. The van der Waals surface area contributed by atoms with E-state index in [1.165, 1.54) is 0 Å². The second-order valence-electron chi connectivity index (χ2n) is 9.04.